The maximum Gasteiger partial charge on any atom is 0.416 e. The third kappa shape index (κ3) is 2.68. The van der Waals surface area contributed by atoms with E-state index in [0.29, 0.717) is 12.0 Å². The van der Waals surface area contributed by atoms with Gasteiger partial charge < -0.3 is 5.11 Å². The van der Waals surface area contributed by atoms with Crippen LogP contribution >= 0.6 is 11.6 Å². The number of alkyl halides is 3. The van der Waals surface area contributed by atoms with Crippen LogP contribution in [-0.2, 0) is 11.8 Å². The quantitative estimate of drug-likeness (QED) is 0.844. The van der Waals surface area contributed by atoms with Crippen LogP contribution in [0.3, 0.4) is 0 Å². The monoisotopic (exact) mass is 252 g/mol. The average Bonchev–Trinajstić information content (AvgIpc) is 2.16. The van der Waals surface area contributed by atoms with E-state index in [-0.39, 0.29) is 5.02 Å². The molecule has 1 rings (SSSR count). The van der Waals surface area contributed by atoms with Crippen molar-refractivity contribution in [2.75, 3.05) is 0 Å². The van der Waals surface area contributed by atoms with Crippen LogP contribution in [0, 0.1) is 0 Å². The lowest BCUT2D eigenvalue weighted by Gasteiger charge is -2.23. The molecule has 0 aromatic heterocycles. The van der Waals surface area contributed by atoms with Crippen LogP contribution in [0.15, 0.2) is 18.2 Å². The summed E-state index contributed by atoms with van der Waals surface area (Å²) in [6.45, 7) is 3.25. The van der Waals surface area contributed by atoms with Crippen molar-refractivity contribution in [2.45, 2.75) is 32.0 Å². The zero-order valence-corrected chi connectivity index (χ0v) is 9.65. The molecule has 1 unspecified atom stereocenters. The van der Waals surface area contributed by atoms with Crippen molar-refractivity contribution in [3.8, 4) is 0 Å². The molecule has 0 spiro atoms. The van der Waals surface area contributed by atoms with Gasteiger partial charge in [-0.15, -0.1) is 0 Å². The Balaban J connectivity index is 3.20. The van der Waals surface area contributed by atoms with Crippen molar-refractivity contribution < 1.29 is 18.3 Å². The molecule has 90 valence electrons. The van der Waals surface area contributed by atoms with Gasteiger partial charge in [-0.1, -0.05) is 24.6 Å². The molecule has 1 nitrogen and oxygen atoms in total. The molecule has 1 aromatic carbocycles. The van der Waals surface area contributed by atoms with E-state index in [9.17, 15) is 18.3 Å². The summed E-state index contributed by atoms with van der Waals surface area (Å²) in [6.07, 6.45) is -4.04. The van der Waals surface area contributed by atoms with Crippen molar-refractivity contribution in [3.63, 3.8) is 0 Å². The van der Waals surface area contributed by atoms with E-state index in [4.69, 9.17) is 11.6 Å². The molecule has 0 saturated carbocycles. The fourth-order valence-electron chi connectivity index (χ4n) is 1.32. The Labute approximate surface area is 96.9 Å². The summed E-state index contributed by atoms with van der Waals surface area (Å²) in [5.74, 6) is 0. The molecule has 0 radical (unpaired) electrons. The maximum absolute atomic E-state index is 12.4. The second-order valence-corrected chi connectivity index (χ2v) is 4.23. The van der Waals surface area contributed by atoms with Crippen LogP contribution in [0.2, 0.25) is 5.02 Å². The lowest BCUT2D eigenvalue weighted by molar-refractivity contribution is -0.137. The molecule has 1 N–H and O–H groups in total. The number of hydrogen-bond acceptors (Lipinski definition) is 1. The number of aliphatic hydroxyl groups is 1. The van der Waals surface area contributed by atoms with Gasteiger partial charge in [-0.05, 0) is 25.5 Å². The fraction of sp³-hybridized carbons (Fsp3) is 0.455. The first kappa shape index (κ1) is 13.3. The Morgan fingerprint density at radius 1 is 1.31 bits per heavy atom. The Morgan fingerprint density at radius 2 is 1.88 bits per heavy atom. The highest BCUT2D eigenvalue weighted by molar-refractivity contribution is 6.31. The predicted octanol–water partition coefficient (Wildman–Crippen LogP) is 3.98. The second kappa shape index (κ2) is 4.26. The molecule has 0 bridgehead atoms. The van der Waals surface area contributed by atoms with Crippen molar-refractivity contribution in [1.29, 1.82) is 0 Å². The highest BCUT2D eigenvalue weighted by Gasteiger charge is 2.32. The number of halogens is 4. The lowest BCUT2D eigenvalue weighted by atomic mass is 9.92. The van der Waals surface area contributed by atoms with Crippen LogP contribution in [-0.4, -0.2) is 5.11 Å². The third-order valence-corrected chi connectivity index (χ3v) is 2.88. The first-order valence-electron chi connectivity index (χ1n) is 4.78. The van der Waals surface area contributed by atoms with E-state index in [1.54, 1.807) is 6.92 Å². The lowest BCUT2D eigenvalue weighted by Crippen LogP contribution is -2.20. The zero-order chi connectivity index (χ0) is 12.6. The van der Waals surface area contributed by atoms with Gasteiger partial charge in [0.25, 0.3) is 0 Å². The van der Waals surface area contributed by atoms with Crippen LogP contribution in [0.25, 0.3) is 0 Å². The summed E-state index contributed by atoms with van der Waals surface area (Å²) < 4.78 is 37.1. The highest BCUT2D eigenvalue weighted by Crippen LogP contribution is 2.36. The van der Waals surface area contributed by atoms with Gasteiger partial charge in [0.05, 0.1) is 11.2 Å². The summed E-state index contributed by atoms with van der Waals surface area (Å²) in [5, 5.41) is 9.84. The Bertz CT molecular complexity index is 385. The topological polar surface area (TPSA) is 20.2 Å². The van der Waals surface area contributed by atoms with Gasteiger partial charge in [0.2, 0.25) is 0 Å². The van der Waals surface area contributed by atoms with Gasteiger partial charge in [0.15, 0.2) is 0 Å². The SMILES string of the molecule is CCC(C)(O)c1ccc(C(F)(F)F)cc1Cl. The summed E-state index contributed by atoms with van der Waals surface area (Å²) in [4.78, 5) is 0. The van der Waals surface area contributed by atoms with E-state index < -0.39 is 17.3 Å². The second-order valence-electron chi connectivity index (χ2n) is 3.82. The molecule has 0 heterocycles. The van der Waals surface area contributed by atoms with E-state index in [0.717, 1.165) is 12.1 Å². The minimum atomic E-state index is -4.42. The molecule has 0 amide bonds. The Hall–Kier alpha value is -0.740. The van der Waals surface area contributed by atoms with E-state index in [2.05, 4.69) is 0 Å². The van der Waals surface area contributed by atoms with E-state index in [1.165, 1.54) is 13.0 Å². The molecular weight excluding hydrogens is 241 g/mol. The molecule has 0 saturated heterocycles. The fourth-order valence-corrected chi connectivity index (χ4v) is 1.70. The normalized spacial score (nSPS) is 15.9. The van der Waals surface area contributed by atoms with Crippen molar-refractivity contribution in [3.05, 3.63) is 34.3 Å². The number of hydrogen-bond donors (Lipinski definition) is 1. The van der Waals surface area contributed by atoms with Gasteiger partial charge in [0.1, 0.15) is 0 Å². The van der Waals surface area contributed by atoms with Gasteiger partial charge in [-0.25, -0.2) is 0 Å². The first-order chi connectivity index (χ1) is 7.18. The van der Waals surface area contributed by atoms with Crippen LogP contribution in [0.1, 0.15) is 31.4 Å². The maximum atomic E-state index is 12.4. The van der Waals surface area contributed by atoms with E-state index in [1.807, 2.05) is 0 Å². The van der Waals surface area contributed by atoms with Crippen LogP contribution in [0.5, 0.6) is 0 Å². The average molecular weight is 253 g/mol. The van der Waals surface area contributed by atoms with Crippen molar-refractivity contribution in [2.24, 2.45) is 0 Å². The van der Waals surface area contributed by atoms with Gasteiger partial charge in [0, 0.05) is 10.6 Å². The summed E-state index contributed by atoms with van der Waals surface area (Å²) in [6, 6.07) is 2.97. The molecule has 16 heavy (non-hydrogen) atoms. The molecule has 0 fully saturated rings. The summed E-state index contributed by atoms with van der Waals surface area (Å²) >= 11 is 5.74. The van der Waals surface area contributed by atoms with Crippen molar-refractivity contribution in [1.82, 2.24) is 0 Å². The van der Waals surface area contributed by atoms with Crippen LogP contribution in [0.4, 0.5) is 13.2 Å². The van der Waals surface area contributed by atoms with Gasteiger partial charge in [-0.3, -0.25) is 0 Å². The molecule has 0 aliphatic carbocycles. The minimum Gasteiger partial charge on any atom is -0.385 e. The van der Waals surface area contributed by atoms with Gasteiger partial charge >= 0.3 is 6.18 Å². The zero-order valence-electron chi connectivity index (χ0n) is 8.90. The molecule has 1 aromatic rings. The standard InChI is InChI=1S/C11H12ClF3O/c1-3-10(2,16)8-5-4-7(6-9(8)12)11(13,14)15/h4-6,16H,3H2,1-2H3. The smallest absolute Gasteiger partial charge is 0.385 e. The third-order valence-electron chi connectivity index (χ3n) is 2.57. The molecular formula is C11H12ClF3O. The highest BCUT2D eigenvalue weighted by atomic mass is 35.5. The molecule has 0 aliphatic heterocycles. The number of rotatable bonds is 2. The van der Waals surface area contributed by atoms with Crippen LogP contribution < -0.4 is 0 Å². The molecule has 0 aliphatic rings. The Morgan fingerprint density at radius 3 is 2.25 bits per heavy atom. The molecule has 1 atom stereocenters. The Kier molecular flexibility index (Phi) is 3.55. The molecule has 5 heteroatoms. The van der Waals surface area contributed by atoms with Crippen molar-refractivity contribution >= 4 is 11.6 Å². The summed E-state index contributed by atoms with van der Waals surface area (Å²) in [7, 11) is 0. The first-order valence-corrected chi connectivity index (χ1v) is 5.16. The predicted molar refractivity (Wildman–Crippen MR) is 56.3 cm³/mol. The van der Waals surface area contributed by atoms with Gasteiger partial charge in [-0.2, -0.15) is 13.2 Å². The van der Waals surface area contributed by atoms with E-state index >= 15 is 0 Å². The minimum absolute atomic E-state index is 0.0679. The number of benzene rings is 1. The summed E-state index contributed by atoms with van der Waals surface area (Å²) in [5.41, 5.74) is -1.71. The largest absolute Gasteiger partial charge is 0.416 e.